The molecule has 90 valence electrons. The third-order valence-corrected chi connectivity index (χ3v) is 2.62. The number of fused-ring (bicyclic) bond motifs is 1. The topological polar surface area (TPSA) is 64.3 Å². The Hall–Kier alpha value is -1.88. The summed E-state index contributed by atoms with van der Waals surface area (Å²) in [5.41, 5.74) is 8.33. The van der Waals surface area contributed by atoms with E-state index in [0.717, 1.165) is 23.3 Å². The molecule has 5 heteroatoms. The van der Waals surface area contributed by atoms with Crippen LogP contribution in [0.2, 0.25) is 0 Å². The second kappa shape index (κ2) is 4.97. The summed E-state index contributed by atoms with van der Waals surface area (Å²) in [5.74, 6) is 0.510. The molecule has 2 heterocycles. The number of methoxy groups -OCH3 is 1. The average molecular weight is 232 g/mol. The zero-order valence-corrected chi connectivity index (χ0v) is 10.1. The summed E-state index contributed by atoms with van der Waals surface area (Å²) in [7, 11) is 3.68. The number of anilines is 2. The van der Waals surface area contributed by atoms with Gasteiger partial charge in [-0.3, -0.25) is 4.98 Å². The van der Waals surface area contributed by atoms with Crippen molar-refractivity contribution in [3.05, 3.63) is 24.4 Å². The van der Waals surface area contributed by atoms with Gasteiger partial charge in [0.05, 0.1) is 29.5 Å². The van der Waals surface area contributed by atoms with Crippen LogP contribution in [0.3, 0.4) is 0 Å². The predicted molar refractivity (Wildman–Crippen MR) is 69.1 cm³/mol. The number of nitrogens with zero attached hydrogens (tertiary/aromatic N) is 3. The van der Waals surface area contributed by atoms with Crippen molar-refractivity contribution in [2.24, 2.45) is 0 Å². The molecule has 2 N–H and O–H groups in total. The number of likely N-dealkylation sites (N-methyl/N-ethyl adjacent to an activating group) is 1. The second-order valence-corrected chi connectivity index (χ2v) is 3.88. The number of nitrogens with two attached hydrogens (primary N) is 1. The van der Waals surface area contributed by atoms with Gasteiger partial charge >= 0.3 is 0 Å². The molecule has 0 aliphatic heterocycles. The zero-order valence-electron chi connectivity index (χ0n) is 10.1. The molecule has 0 aromatic carbocycles. The van der Waals surface area contributed by atoms with Crippen molar-refractivity contribution in [1.82, 2.24) is 9.97 Å². The summed E-state index contributed by atoms with van der Waals surface area (Å²) in [4.78, 5) is 10.7. The molecular formula is C12H16N4O. The number of pyridine rings is 2. The SMILES string of the molecule is COCCN(C)c1cnc2ccc(N)nc2c1. The van der Waals surface area contributed by atoms with Crippen molar-refractivity contribution in [3.8, 4) is 0 Å². The zero-order chi connectivity index (χ0) is 12.3. The third kappa shape index (κ3) is 2.62. The van der Waals surface area contributed by atoms with Crippen LogP contribution in [0, 0.1) is 0 Å². The highest BCUT2D eigenvalue weighted by atomic mass is 16.5. The molecule has 2 rings (SSSR count). The van der Waals surface area contributed by atoms with Crippen LogP contribution in [0.15, 0.2) is 24.4 Å². The minimum absolute atomic E-state index is 0.510. The van der Waals surface area contributed by atoms with Gasteiger partial charge in [-0.2, -0.15) is 0 Å². The molecule has 0 aliphatic carbocycles. The summed E-state index contributed by atoms with van der Waals surface area (Å²) >= 11 is 0. The average Bonchev–Trinajstić information content (AvgIpc) is 2.35. The van der Waals surface area contributed by atoms with E-state index in [9.17, 15) is 0 Å². The number of hydrogen-bond acceptors (Lipinski definition) is 5. The summed E-state index contributed by atoms with van der Waals surface area (Å²) < 4.78 is 5.04. The molecule has 17 heavy (non-hydrogen) atoms. The van der Waals surface area contributed by atoms with Crippen LogP contribution in [0.25, 0.3) is 11.0 Å². The normalized spacial score (nSPS) is 10.7. The Morgan fingerprint density at radius 2 is 2.18 bits per heavy atom. The molecule has 2 aromatic heterocycles. The lowest BCUT2D eigenvalue weighted by atomic mass is 10.3. The number of nitrogen functional groups attached to an aromatic ring is 1. The maximum absolute atomic E-state index is 5.66. The Morgan fingerprint density at radius 3 is 2.94 bits per heavy atom. The van der Waals surface area contributed by atoms with E-state index in [1.807, 2.05) is 25.4 Å². The van der Waals surface area contributed by atoms with Crippen LogP contribution in [0.4, 0.5) is 11.5 Å². The van der Waals surface area contributed by atoms with E-state index >= 15 is 0 Å². The van der Waals surface area contributed by atoms with Gasteiger partial charge in [0.15, 0.2) is 0 Å². The van der Waals surface area contributed by atoms with Crippen molar-refractivity contribution in [1.29, 1.82) is 0 Å². The van der Waals surface area contributed by atoms with Gasteiger partial charge in [0, 0.05) is 20.7 Å². The van der Waals surface area contributed by atoms with E-state index in [4.69, 9.17) is 10.5 Å². The van der Waals surface area contributed by atoms with Gasteiger partial charge in [-0.25, -0.2) is 4.98 Å². The molecule has 0 amide bonds. The van der Waals surface area contributed by atoms with Gasteiger partial charge < -0.3 is 15.4 Å². The highest BCUT2D eigenvalue weighted by molar-refractivity contribution is 5.79. The number of aromatic nitrogens is 2. The molecule has 0 saturated heterocycles. The van der Waals surface area contributed by atoms with Crippen LogP contribution in [0.5, 0.6) is 0 Å². The molecule has 0 saturated carbocycles. The van der Waals surface area contributed by atoms with Gasteiger partial charge in [0.2, 0.25) is 0 Å². The van der Waals surface area contributed by atoms with Crippen LogP contribution >= 0.6 is 0 Å². The summed E-state index contributed by atoms with van der Waals surface area (Å²) in [6, 6.07) is 5.61. The molecule has 0 atom stereocenters. The number of hydrogen-bond donors (Lipinski definition) is 1. The fourth-order valence-electron chi connectivity index (χ4n) is 1.58. The Balaban J connectivity index is 2.30. The fourth-order valence-corrected chi connectivity index (χ4v) is 1.58. The largest absolute Gasteiger partial charge is 0.384 e. The summed E-state index contributed by atoms with van der Waals surface area (Å²) in [6.45, 7) is 1.49. The maximum atomic E-state index is 5.66. The first kappa shape index (κ1) is 11.6. The fraction of sp³-hybridized carbons (Fsp3) is 0.333. The second-order valence-electron chi connectivity index (χ2n) is 3.88. The molecular weight excluding hydrogens is 216 g/mol. The number of rotatable bonds is 4. The Labute approximate surface area is 100 Å². The molecule has 0 spiro atoms. The molecule has 0 fully saturated rings. The van der Waals surface area contributed by atoms with E-state index in [1.54, 1.807) is 13.2 Å². The molecule has 0 aliphatic rings. The van der Waals surface area contributed by atoms with E-state index in [0.29, 0.717) is 12.4 Å². The first-order chi connectivity index (χ1) is 8.20. The van der Waals surface area contributed by atoms with Crippen LogP contribution < -0.4 is 10.6 Å². The smallest absolute Gasteiger partial charge is 0.124 e. The van der Waals surface area contributed by atoms with Crippen LogP contribution in [-0.4, -0.2) is 37.3 Å². The highest BCUT2D eigenvalue weighted by Gasteiger charge is 2.04. The first-order valence-electron chi connectivity index (χ1n) is 5.43. The standard InChI is InChI=1S/C12H16N4O/c1-16(5-6-17-2)9-7-11-10(14-8-9)3-4-12(13)15-11/h3-4,7-8H,5-6H2,1-2H3,(H2,13,15). The van der Waals surface area contributed by atoms with Gasteiger partial charge in [0.1, 0.15) is 5.82 Å². The lowest BCUT2D eigenvalue weighted by molar-refractivity contribution is 0.206. The van der Waals surface area contributed by atoms with Crippen molar-refractivity contribution in [3.63, 3.8) is 0 Å². The van der Waals surface area contributed by atoms with Crippen LogP contribution in [0.1, 0.15) is 0 Å². The minimum atomic E-state index is 0.510. The molecule has 0 radical (unpaired) electrons. The summed E-state index contributed by atoms with van der Waals surface area (Å²) in [6.07, 6.45) is 1.83. The highest BCUT2D eigenvalue weighted by Crippen LogP contribution is 2.18. The van der Waals surface area contributed by atoms with Crippen molar-refractivity contribution in [2.75, 3.05) is 37.9 Å². The van der Waals surface area contributed by atoms with E-state index in [1.165, 1.54) is 0 Å². The predicted octanol–water partition coefficient (Wildman–Crippen LogP) is 1.29. The molecule has 0 unspecified atom stereocenters. The lowest BCUT2D eigenvalue weighted by Crippen LogP contribution is -2.22. The minimum Gasteiger partial charge on any atom is -0.384 e. The maximum Gasteiger partial charge on any atom is 0.124 e. The Kier molecular flexibility index (Phi) is 3.39. The number of ether oxygens (including phenoxy) is 1. The Bertz CT molecular complexity index is 515. The third-order valence-electron chi connectivity index (χ3n) is 2.62. The van der Waals surface area contributed by atoms with E-state index in [2.05, 4.69) is 14.9 Å². The van der Waals surface area contributed by atoms with Crippen LogP contribution in [-0.2, 0) is 4.74 Å². The van der Waals surface area contributed by atoms with Crippen molar-refractivity contribution in [2.45, 2.75) is 0 Å². The summed E-state index contributed by atoms with van der Waals surface area (Å²) in [5, 5.41) is 0. The van der Waals surface area contributed by atoms with Gasteiger partial charge in [-0.05, 0) is 18.2 Å². The first-order valence-corrected chi connectivity index (χ1v) is 5.43. The molecule has 2 aromatic rings. The van der Waals surface area contributed by atoms with Gasteiger partial charge in [0.25, 0.3) is 0 Å². The van der Waals surface area contributed by atoms with Crippen molar-refractivity contribution >= 4 is 22.5 Å². The monoisotopic (exact) mass is 232 g/mol. The van der Waals surface area contributed by atoms with Gasteiger partial charge in [-0.1, -0.05) is 0 Å². The lowest BCUT2D eigenvalue weighted by Gasteiger charge is -2.18. The molecule has 0 bridgehead atoms. The van der Waals surface area contributed by atoms with Gasteiger partial charge in [-0.15, -0.1) is 0 Å². The van der Waals surface area contributed by atoms with E-state index < -0.39 is 0 Å². The van der Waals surface area contributed by atoms with E-state index in [-0.39, 0.29) is 0 Å². The quantitative estimate of drug-likeness (QED) is 0.860. The van der Waals surface area contributed by atoms with Crippen molar-refractivity contribution < 1.29 is 4.74 Å². The molecule has 5 nitrogen and oxygen atoms in total. The Morgan fingerprint density at radius 1 is 1.35 bits per heavy atom.